The zero-order valence-electron chi connectivity index (χ0n) is 13.2. The molecule has 0 aliphatic carbocycles. The van der Waals surface area contributed by atoms with Crippen LogP contribution in [0.3, 0.4) is 0 Å². The third kappa shape index (κ3) is 2.32. The van der Waals surface area contributed by atoms with Gasteiger partial charge in [-0.1, -0.05) is 6.07 Å². The zero-order valence-corrected chi connectivity index (χ0v) is 13.2. The van der Waals surface area contributed by atoms with E-state index in [2.05, 4.69) is 10.3 Å². The van der Waals surface area contributed by atoms with Crippen LogP contribution < -0.4 is 10.9 Å². The van der Waals surface area contributed by atoms with Crippen LogP contribution in [0.5, 0.6) is 0 Å². The number of nitrogens with one attached hydrogen (secondary N) is 1. The second kappa shape index (κ2) is 5.34. The molecule has 0 unspecified atom stereocenters. The molecule has 4 rings (SSSR count). The molecule has 3 aromatic rings. The summed E-state index contributed by atoms with van der Waals surface area (Å²) in [6.07, 6.45) is 0. The van der Waals surface area contributed by atoms with Gasteiger partial charge in [0.1, 0.15) is 5.82 Å². The molecule has 1 aliphatic rings. The fourth-order valence-electron chi connectivity index (χ4n) is 2.95. The van der Waals surface area contributed by atoms with Gasteiger partial charge in [0.05, 0.1) is 22.2 Å². The van der Waals surface area contributed by atoms with E-state index in [9.17, 15) is 18.8 Å². The summed E-state index contributed by atoms with van der Waals surface area (Å²) >= 11 is 0. The largest absolute Gasteiger partial charge is 0.352 e. The van der Waals surface area contributed by atoms with E-state index in [0.29, 0.717) is 23.1 Å². The number of rotatable bonds is 2. The summed E-state index contributed by atoms with van der Waals surface area (Å²) in [4.78, 5) is 40.6. The Labute approximate surface area is 140 Å². The first-order valence-corrected chi connectivity index (χ1v) is 7.60. The predicted molar refractivity (Wildman–Crippen MR) is 88.3 cm³/mol. The average Bonchev–Trinajstić information content (AvgIpc) is 2.85. The monoisotopic (exact) mass is 337 g/mol. The Bertz CT molecular complexity index is 1130. The standard InChI is InChI=1S/C18H12FN3O3/c1-9(23)20-8-10-2-4-12-14(6-10)21-17-16(24)13-7-11(19)3-5-15(13)22(17)18(12)25/h2-7H,8H2,1H3,(H,20,23). The Kier molecular flexibility index (Phi) is 3.24. The van der Waals surface area contributed by atoms with E-state index in [1.54, 1.807) is 18.2 Å². The number of halogens is 1. The van der Waals surface area contributed by atoms with Crippen LogP contribution in [0, 0.1) is 5.82 Å². The van der Waals surface area contributed by atoms with Gasteiger partial charge < -0.3 is 5.32 Å². The molecule has 0 fully saturated rings. The first-order valence-electron chi connectivity index (χ1n) is 7.60. The van der Waals surface area contributed by atoms with Gasteiger partial charge in [-0.3, -0.25) is 19.0 Å². The molecule has 0 atom stereocenters. The minimum absolute atomic E-state index is 0.0326. The van der Waals surface area contributed by atoms with Gasteiger partial charge in [0.25, 0.3) is 5.56 Å². The maximum atomic E-state index is 13.4. The smallest absolute Gasteiger partial charge is 0.266 e. The van der Waals surface area contributed by atoms with E-state index in [4.69, 9.17) is 0 Å². The molecule has 0 radical (unpaired) electrons. The van der Waals surface area contributed by atoms with Gasteiger partial charge in [-0.05, 0) is 35.9 Å². The first kappa shape index (κ1) is 15.2. The number of hydrogen-bond donors (Lipinski definition) is 1. The van der Waals surface area contributed by atoms with Crippen molar-refractivity contribution >= 4 is 22.6 Å². The number of fused-ring (bicyclic) bond motifs is 4. The number of ketones is 1. The van der Waals surface area contributed by atoms with Gasteiger partial charge >= 0.3 is 0 Å². The van der Waals surface area contributed by atoms with Gasteiger partial charge in [0.15, 0.2) is 5.82 Å². The average molecular weight is 337 g/mol. The molecule has 124 valence electrons. The fraction of sp³-hybridized carbons (Fsp3) is 0.111. The maximum absolute atomic E-state index is 13.4. The van der Waals surface area contributed by atoms with E-state index in [0.717, 1.165) is 11.6 Å². The van der Waals surface area contributed by atoms with Gasteiger partial charge in [-0.2, -0.15) is 0 Å². The van der Waals surface area contributed by atoms with E-state index < -0.39 is 11.6 Å². The summed E-state index contributed by atoms with van der Waals surface area (Å²) in [5.74, 6) is -1.24. The summed E-state index contributed by atoms with van der Waals surface area (Å²) in [6, 6.07) is 8.70. The van der Waals surface area contributed by atoms with E-state index in [1.807, 2.05) is 0 Å². The van der Waals surface area contributed by atoms with Crippen LogP contribution in [-0.4, -0.2) is 21.2 Å². The molecule has 1 aliphatic heterocycles. The van der Waals surface area contributed by atoms with Crippen molar-refractivity contribution < 1.29 is 14.0 Å². The highest BCUT2D eigenvalue weighted by molar-refractivity contribution is 6.13. The Morgan fingerprint density at radius 1 is 1.20 bits per heavy atom. The number of nitrogens with zero attached hydrogens (tertiary/aromatic N) is 2. The quantitative estimate of drug-likeness (QED) is 0.604. The second-order valence-electron chi connectivity index (χ2n) is 5.83. The van der Waals surface area contributed by atoms with Crippen molar-refractivity contribution in [1.29, 1.82) is 0 Å². The fourth-order valence-corrected chi connectivity index (χ4v) is 2.95. The lowest BCUT2D eigenvalue weighted by molar-refractivity contribution is -0.119. The molecular formula is C18H12FN3O3. The van der Waals surface area contributed by atoms with Crippen molar-refractivity contribution in [3.63, 3.8) is 0 Å². The predicted octanol–water partition coefficient (Wildman–Crippen LogP) is 1.71. The van der Waals surface area contributed by atoms with Gasteiger partial charge in [0, 0.05) is 13.5 Å². The Morgan fingerprint density at radius 2 is 2.00 bits per heavy atom. The molecule has 1 N–H and O–H groups in total. The normalized spacial score (nSPS) is 12.2. The number of amides is 1. The molecule has 6 nitrogen and oxygen atoms in total. The summed E-state index contributed by atoms with van der Waals surface area (Å²) in [7, 11) is 0. The van der Waals surface area contributed by atoms with Crippen LogP contribution in [0.15, 0.2) is 41.2 Å². The zero-order chi connectivity index (χ0) is 17.7. The Balaban J connectivity index is 1.91. The molecule has 0 saturated carbocycles. The number of aromatic nitrogens is 2. The van der Waals surface area contributed by atoms with Crippen molar-refractivity contribution in [2.24, 2.45) is 0 Å². The third-order valence-corrected chi connectivity index (χ3v) is 4.12. The minimum Gasteiger partial charge on any atom is -0.352 e. The molecular weight excluding hydrogens is 325 g/mol. The van der Waals surface area contributed by atoms with Crippen LogP contribution in [0.25, 0.3) is 16.6 Å². The summed E-state index contributed by atoms with van der Waals surface area (Å²) in [5, 5.41) is 3.01. The molecule has 0 spiro atoms. The van der Waals surface area contributed by atoms with E-state index >= 15 is 0 Å². The van der Waals surface area contributed by atoms with E-state index in [-0.39, 0.29) is 22.9 Å². The van der Waals surface area contributed by atoms with Crippen LogP contribution in [0.4, 0.5) is 4.39 Å². The lowest BCUT2D eigenvalue weighted by atomic mass is 10.1. The summed E-state index contributed by atoms with van der Waals surface area (Å²) < 4.78 is 14.7. The number of benzene rings is 2. The number of hydrogen-bond acceptors (Lipinski definition) is 4. The lowest BCUT2D eigenvalue weighted by Gasteiger charge is -2.07. The topological polar surface area (TPSA) is 81.1 Å². The van der Waals surface area contributed by atoms with Gasteiger partial charge in [-0.25, -0.2) is 9.37 Å². The first-order chi connectivity index (χ1) is 12.0. The highest BCUT2D eigenvalue weighted by atomic mass is 19.1. The van der Waals surface area contributed by atoms with Crippen LogP contribution in [0.1, 0.15) is 28.7 Å². The molecule has 1 amide bonds. The highest BCUT2D eigenvalue weighted by Crippen LogP contribution is 2.27. The highest BCUT2D eigenvalue weighted by Gasteiger charge is 2.30. The van der Waals surface area contributed by atoms with Crippen LogP contribution in [-0.2, 0) is 11.3 Å². The van der Waals surface area contributed by atoms with Crippen molar-refractivity contribution in [3.05, 3.63) is 69.5 Å². The van der Waals surface area contributed by atoms with Crippen LogP contribution >= 0.6 is 0 Å². The number of carbonyl (C=O) groups excluding carboxylic acids is 2. The maximum Gasteiger partial charge on any atom is 0.266 e. The van der Waals surface area contributed by atoms with Crippen molar-refractivity contribution in [2.45, 2.75) is 13.5 Å². The van der Waals surface area contributed by atoms with Crippen molar-refractivity contribution in [2.75, 3.05) is 0 Å². The third-order valence-electron chi connectivity index (χ3n) is 4.12. The lowest BCUT2D eigenvalue weighted by Crippen LogP contribution is -2.22. The summed E-state index contributed by atoms with van der Waals surface area (Å²) in [6.45, 7) is 1.71. The van der Waals surface area contributed by atoms with Gasteiger partial charge in [0.2, 0.25) is 11.7 Å². The molecule has 2 aromatic carbocycles. The molecule has 2 heterocycles. The molecule has 25 heavy (non-hydrogen) atoms. The number of carbonyl (C=O) groups is 2. The Hall–Kier alpha value is -3.35. The van der Waals surface area contributed by atoms with Crippen LogP contribution in [0.2, 0.25) is 0 Å². The van der Waals surface area contributed by atoms with E-state index in [1.165, 1.54) is 23.6 Å². The molecule has 0 bridgehead atoms. The molecule has 0 saturated heterocycles. The SMILES string of the molecule is CC(=O)NCc1ccc2c(=O)n3c(nc2c1)C(=O)c1cc(F)ccc1-3. The second-order valence-corrected chi connectivity index (χ2v) is 5.83. The van der Waals surface area contributed by atoms with Crippen molar-refractivity contribution in [3.8, 4) is 5.69 Å². The summed E-state index contributed by atoms with van der Waals surface area (Å²) in [5.41, 5.74) is 1.19. The molecule has 7 heteroatoms. The molecule has 1 aromatic heterocycles. The Morgan fingerprint density at radius 3 is 2.76 bits per heavy atom. The van der Waals surface area contributed by atoms with Crippen molar-refractivity contribution in [1.82, 2.24) is 14.9 Å². The van der Waals surface area contributed by atoms with Gasteiger partial charge in [-0.15, -0.1) is 0 Å². The minimum atomic E-state index is -0.546.